The second-order valence-electron chi connectivity index (χ2n) is 3.09. The minimum absolute atomic E-state index is 0.423. The van der Waals surface area contributed by atoms with E-state index in [1.54, 1.807) is 0 Å². The van der Waals surface area contributed by atoms with Crippen LogP contribution in [0.2, 0.25) is 0 Å². The van der Waals surface area contributed by atoms with Crippen LogP contribution in [0.15, 0.2) is 0 Å². The van der Waals surface area contributed by atoms with Crippen LogP contribution in [0.5, 0.6) is 0 Å². The molecule has 0 spiro atoms. The number of Topliss-reactive ketones (excluding diaryl/α,β-unsaturated/α-hetero) is 1. The fraction of sp³-hybridized carbons (Fsp3) is 0.875. The van der Waals surface area contributed by atoms with Crippen molar-refractivity contribution in [3.63, 3.8) is 0 Å². The number of halogens is 2. The molecule has 1 atom stereocenters. The van der Waals surface area contributed by atoms with Crippen LogP contribution in [0.3, 0.4) is 0 Å². The Balaban J connectivity index is 2.59. The summed E-state index contributed by atoms with van der Waals surface area (Å²) in [6, 6.07) is 0. The van der Waals surface area contributed by atoms with E-state index in [0.29, 0.717) is 12.2 Å². The van der Waals surface area contributed by atoms with Crippen LogP contribution >= 0.6 is 11.8 Å². The van der Waals surface area contributed by atoms with E-state index in [2.05, 4.69) is 0 Å². The molecule has 1 aliphatic rings. The zero-order chi connectivity index (χ0) is 9.19. The lowest BCUT2D eigenvalue weighted by atomic mass is 9.95. The van der Waals surface area contributed by atoms with E-state index in [4.69, 9.17) is 0 Å². The summed E-state index contributed by atoms with van der Waals surface area (Å²) in [6.45, 7) is 0.972. The van der Waals surface area contributed by atoms with E-state index >= 15 is 0 Å². The van der Waals surface area contributed by atoms with Gasteiger partial charge in [0.1, 0.15) is 0 Å². The van der Waals surface area contributed by atoms with E-state index in [9.17, 15) is 13.6 Å². The first-order chi connectivity index (χ1) is 5.55. The van der Waals surface area contributed by atoms with Crippen molar-refractivity contribution in [1.29, 1.82) is 0 Å². The summed E-state index contributed by atoms with van der Waals surface area (Å²) >= 11 is 1.52. The predicted molar refractivity (Wildman–Crippen MR) is 45.7 cm³/mol. The lowest BCUT2D eigenvalue weighted by molar-refractivity contribution is -0.148. The molecule has 0 bridgehead atoms. The van der Waals surface area contributed by atoms with Gasteiger partial charge in [-0.15, -0.1) is 0 Å². The molecule has 12 heavy (non-hydrogen) atoms. The average molecular weight is 194 g/mol. The summed E-state index contributed by atoms with van der Waals surface area (Å²) in [5.41, 5.74) is 0. The van der Waals surface area contributed by atoms with E-state index in [1.165, 1.54) is 11.8 Å². The number of thioether (sulfide) groups is 1. The van der Waals surface area contributed by atoms with Crippen molar-refractivity contribution in [3.05, 3.63) is 0 Å². The molecule has 0 N–H and O–H groups in total. The fourth-order valence-electron chi connectivity index (χ4n) is 1.31. The van der Waals surface area contributed by atoms with Gasteiger partial charge in [-0.25, -0.2) is 0 Å². The van der Waals surface area contributed by atoms with Crippen LogP contribution in [0.1, 0.15) is 19.8 Å². The number of hydrogen-bond acceptors (Lipinski definition) is 2. The van der Waals surface area contributed by atoms with Crippen molar-refractivity contribution in [1.82, 2.24) is 0 Å². The normalized spacial score (nSPS) is 25.4. The molecule has 0 aromatic carbocycles. The molecule has 1 nitrogen and oxygen atoms in total. The molecule has 1 saturated heterocycles. The van der Waals surface area contributed by atoms with Crippen LogP contribution < -0.4 is 0 Å². The molecular formula is C8H12F2OS. The van der Waals surface area contributed by atoms with E-state index in [1.807, 2.05) is 0 Å². The van der Waals surface area contributed by atoms with Crippen LogP contribution in [-0.4, -0.2) is 23.2 Å². The van der Waals surface area contributed by atoms with Crippen molar-refractivity contribution in [2.24, 2.45) is 5.92 Å². The molecule has 0 aliphatic carbocycles. The summed E-state index contributed by atoms with van der Waals surface area (Å²) in [6.07, 6.45) is 1.29. The lowest BCUT2D eigenvalue weighted by Gasteiger charge is -2.27. The van der Waals surface area contributed by atoms with Crippen molar-refractivity contribution in [3.8, 4) is 0 Å². The van der Waals surface area contributed by atoms with Gasteiger partial charge >= 0.3 is 5.92 Å². The molecule has 0 amide bonds. The molecular weight excluding hydrogens is 182 g/mol. The van der Waals surface area contributed by atoms with Gasteiger partial charge in [0.25, 0.3) is 0 Å². The van der Waals surface area contributed by atoms with Gasteiger partial charge in [0.15, 0.2) is 5.78 Å². The van der Waals surface area contributed by atoms with E-state index in [-0.39, 0.29) is 0 Å². The molecule has 1 aliphatic heterocycles. The van der Waals surface area contributed by atoms with Gasteiger partial charge in [-0.1, -0.05) is 0 Å². The van der Waals surface area contributed by atoms with E-state index in [0.717, 1.165) is 19.1 Å². The summed E-state index contributed by atoms with van der Waals surface area (Å²) in [5, 5.41) is 0. The van der Waals surface area contributed by atoms with Gasteiger partial charge in [0.05, 0.1) is 0 Å². The predicted octanol–water partition coefficient (Wildman–Crippen LogP) is 2.35. The first kappa shape index (κ1) is 9.96. The molecule has 1 fully saturated rings. The molecule has 1 rings (SSSR count). The highest BCUT2D eigenvalue weighted by Crippen LogP contribution is 2.35. The number of carbonyl (C=O) groups is 1. The van der Waals surface area contributed by atoms with Crippen molar-refractivity contribution in [2.75, 3.05) is 11.5 Å². The third-order valence-corrected chi connectivity index (χ3v) is 3.36. The Morgan fingerprint density at radius 1 is 1.58 bits per heavy atom. The van der Waals surface area contributed by atoms with Crippen LogP contribution in [0.25, 0.3) is 0 Å². The first-order valence-corrected chi connectivity index (χ1v) is 5.17. The van der Waals surface area contributed by atoms with Crippen molar-refractivity contribution >= 4 is 17.5 Å². The number of carbonyl (C=O) groups excluding carboxylic acids is 1. The SMILES string of the molecule is CC(=O)C(F)(F)C1CCCSC1. The maximum atomic E-state index is 13.1. The van der Waals surface area contributed by atoms with E-state index < -0.39 is 17.6 Å². The third kappa shape index (κ3) is 1.97. The van der Waals surface area contributed by atoms with Crippen molar-refractivity contribution < 1.29 is 13.6 Å². The minimum atomic E-state index is -3.09. The number of rotatable bonds is 2. The number of alkyl halides is 2. The topological polar surface area (TPSA) is 17.1 Å². The Bertz CT molecular complexity index is 176. The highest BCUT2D eigenvalue weighted by molar-refractivity contribution is 7.99. The maximum absolute atomic E-state index is 13.1. The molecule has 0 saturated carbocycles. The maximum Gasteiger partial charge on any atom is 0.308 e. The van der Waals surface area contributed by atoms with Gasteiger partial charge < -0.3 is 0 Å². The highest BCUT2D eigenvalue weighted by Gasteiger charge is 2.44. The quantitative estimate of drug-likeness (QED) is 0.671. The minimum Gasteiger partial charge on any atom is -0.293 e. The Hall–Kier alpha value is -0.120. The third-order valence-electron chi connectivity index (χ3n) is 2.14. The highest BCUT2D eigenvalue weighted by atomic mass is 32.2. The Morgan fingerprint density at radius 2 is 2.25 bits per heavy atom. The smallest absolute Gasteiger partial charge is 0.293 e. The van der Waals surface area contributed by atoms with Crippen LogP contribution in [0.4, 0.5) is 8.78 Å². The molecule has 1 heterocycles. The van der Waals surface area contributed by atoms with Gasteiger partial charge in [-0.2, -0.15) is 20.5 Å². The second kappa shape index (κ2) is 3.73. The number of hydrogen-bond donors (Lipinski definition) is 0. The Morgan fingerprint density at radius 3 is 2.67 bits per heavy atom. The van der Waals surface area contributed by atoms with Gasteiger partial charge in [-0.05, 0) is 18.6 Å². The molecule has 1 unspecified atom stereocenters. The van der Waals surface area contributed by atoms with Crippen LogP contribution in [-0.2, 0) is 4.79 Å². The summed E-state index contributed by atoms with van der Waals surface area (Å²) < 4.78 is 26.1. The monoisotopic (exact) mass is 194 g/mol. The Kier molecular flexibility index (Phi) is 3.09. The molecule has 70 valence electrons. The first-order valence-electron chi connectivity index (χ1n) is 4.01. The molecule has 4 heteroatoms. The van der Waals surface area contributed by atoms with Gasteiger partial charge in [0, 0.05) is 18.6 Å². The standard InChI is InChI=1S/C8H12F2OS/c1-6(11)8(9,10)7-3-2-4-12-5-7/h7H,2-5H2,1H3. The van der Waals surface area contributed by atoms with Crippen LogP contribution in [0, 0.1) is 5.92 Å². The zero-order valence-corrected chi connectivity index (χ0v) is 7.79. The summed E-state index contributed by atoms with van der Waals surface area (Å²) in [7, 11) is 0. The molecule has 0 aromatic rings. The van der Waals surface area contributed by atoms with Gasteiger partial charge in [-0.3, -0.25) is 4.79 Å². The second-order valence-corrected chi connectivity index (χ2v) is 4.24. The lowest BCUT2D eigenvalue weighted by Crippen LogP contribution is -2.38. The summed E-state index contributed by atoms with van der Waals surface area (Å²) in [5.74, 6) is -3.44. The average Bonchev–Trinajstić information content (AvgIpc) is 2.06. The molecule has 0 aromatic heterocycles. The van der Waals surface area contributed by atoms with Crippen molar-refractivity contribution in [2.45, 2.75) is 25.7 Å². The summed E-state index contributed by atoms with van der Waals surface area (Å²) in [4.78, 5) is 10.6. The zero-order valence-electron chi connectivity index (χ0n) is 6.98. The molecule has 0 radical (unpaired) electrons. The number of ketones is 1. The Labute approximate surface area is 74.9 Å². The van der Waals surface area contributed by atoms with Gasteiger partial charge in [0.2, 0.25) is 0 Å². The fourth-order valence-corrected chi connectivity index (χ4v) is 2.51. The largest absolute Gasteiger partial charge is 0.308 e.